The molecule has 1 aromatic heterocycles. The summed E-state index contributed by atoms with van der Waals surface area (Å²) in [5.41, 5.74) is 0.807. The number of hydrogen-bond acceptors (Lipinski definition) is 5. The van der Waals surface area contributed by atoms with Gasteiger partial charge in [-0.1, -0.05) is 30.3 Å². The van der Waals surface area contributed by atoms with Crippen LogP contribution in [0.3, 0.4) is 0 Å². The molecule has 0 bridgehead atoms. The van der Waals surface area contributed by atoms with Gasteiger partial charge in [-0.3, -0.25) is 4.79 Å². The summed E-state index contributed by atoms with van der Waals surface area (Å²) in [6, 6.07) is 7.75. The molecular weight excluding hydrogens is 310 g/mol. The third-order valence-corrected chi connectivity index (χ3v) is 4.13. The van der Waals surface area contributed by atoms with Gasteiger partial charge in [0.1, 0.15) is 12.1 Å². The molecule has 24 heavy (non-hydrogen) atoms. The van der Waals surface area contributed by atoms with E-state index < -0.39 is 18.1 Å². The lowest BCUT2D eigenvalue weighted by atomic mass is 10.2. The summed E-state index contributed by atoms with van der Waals surface area (Å²) in [5.74, 6) is -0.886. The van der Waals surface area contributed by atoms with Crippen LogP contribution >= 0.6 is 0 Å². The van der Waals surface area contributed by atoms with Crippen LogP contribution in [0.5, 0.6) is 0 Å². The molecule has 0 spiro atoms. The number of carboxylic acids is 1. The van der Waals surface area contributed by atoms with Gasteiger partial charge in [0, 0.05) is 11.6 Å². The summed E-state index contributed by atoms with van der Waals surface area (Å²) in [5, 5.41) is 21.5. The predicted molar refractivity (Wildman–Crippen MR) is 84.9 cm³/mol. The summed E-state index contributed by atoms with van der Waals surface area (Å²) < 4.78 is 0. The topological polar surface area (TPSA) is 101 Å². The van der Waals surface area contributed by atoms with Crippen LogP contribution in [0.1, 0.15) is 32.7 Å². The molecule has 2 unspecified atom stereocenters. The molecule has 1 fully saturated rings. The number of carboxylic acid groups (broad SMARTS) is 1. The number of tetrazole rings is 1. The predicted octanol–water partition coefficient (Wildman–Crippen LogP) is 1.37. The maximum Gasteiger partial charge on any atom is 0.326 e. The first-order chi connectivity index (χ1) is 11.5. The molecule has 0 radical (unpaired) electrons. The van der Waals surface area contributed by atoms with Crippen LogP contribution in [0.4, 0.5) is 0 Å². The maximum absolute atomic E-state index is 12.8. The zero-order valence-corrected chi connectivity index (χ0v) is 13.5. The van der Waals surface area contributed by atoms with Gasteiger partial charge >= 0.3 is 5.97 Å². The van der Waals surface area contributed by atoms with Crippen molar-refractivity contribution in [2.24, 2.45) is 0 Å². The van der Waals surface area contributed by atoms with E-state index in [1.165, 1.54) is 16.6 Å². The molecule has 8 heteroatoms. The molecule has 3 rings (SSSR count). The van der Waals surface area contributed by atoms with Crippen molar-refractivity contribution in [2.45, 2.75) is 44.8 Å². The Bertz CT molecular complexity index is 741. The van der Waals surface area contributed by atoms with Crippen molar-refractivity contribution >= 4 is 11.9 Å². The zero-order valence-electron chi connectivity index (χ0n) is 13.5. The van der Waals surface area contributed by atoms with Crippen molar-refractivity contribution < 1.29 is 14.7 Å². The number of benzene rings is 1. The Balaban J connectivity index is 1.80. The van der Waals surface area contributed by atoms with Gasteiger partial charge in [0.2, 0.25) is 11.7 Å². The quantitative estimate of drug-likeness (QED) is 0.859. The highest BCUT2D eigenvalue weighted by Gasteiger charge is 2.40. The number of rotatable bonds is 6. The van der Waals surface area contributed by atoms with E-state index in [9.17, 15) is 14.7 Å². The molecule has 2 atom stereocenters. The number of hydrogen-bond donors (Lipinski definition) is 1. The highest BCUT2D eigenvalue weighted by molar-refractivity contribution is 5.86. The molecule has 2 aromatic rings. The second-order valence-corrected chi connectivity index (χ2v) is 5.97. The molecule has 1 aromatic carbocycles. The van der Waals surface area contributed by atoms with Crippen LogP contribution in [0.2, 0.25) is 0 Å². The molecule has 1 heterocycles. The Hall–Kier alpha value is -2.77. The molecule has 0 saturated heterocycles. The average Bonchev–Trinajstić information content (AvgIpc) is 3.29. The monoisotopic (exact) mass is 329 g/mol. The highest BCUT2D eigenvalue weighted by atomic mass is 16.4. The fraction of sp³-hybridized carbons (Fsp3) is 0.438. The van der Waals surface area contributed by atoms with Crippen molar-refractivity contribution in [3.8, 4) is 11.4 Å². The van der Waals surface area contributed by atoms with E-state index in [-0.39, 0.29) is 11.9 Å². The van der Waals surface area contributed by atoms with Crippen LogP contribution < -0.4 is 0 Å². The molecule has 8 nitrogen and oxygen atoms in total. The summed E-state index contributed by atoms with van der Waals surface area (Å²) >= 11 is 0. The number of aliphatic carboxylic acids is 1. The van der Waals surface area contributed by atoms with Crippen LogP contribution in [0.25, 0.3) is 11.4 Å². The minimum Gasteiger partial charge on any atom is -0.480 e. The standard InChI is InChI=1S/C16H19N5O3/c1-10(15(22)20(13-8-9-13)11(2)16(23)24)21-18-14(17-19-21)12-6-4-3-5-7-12/h3-7,10-11,13H,8-9H2,1-2H3,(H,23,24). The zero-order chi connectivity index (χ0) is 17.3. The fourth-order valence-electron chi connectivity index (χ4n) is 2.57. The van der Waals surface area contributed by atoms with Gasteiger partial charge in [-0.15, -0.1) is 10.2 Å². The van der Waals surface area contributed by atoms with Crippen LogP contribution in [-0.4, -0.2) is 54.2 Å². The van der Waals surface area contributed by atoms with Gasteiger partial charge in [0.25, 0.3) is 0 Å². The van der Waals surface area contributed by atoms with Crippen LogP contribution in [-0.2, 0) is 9.59 Å². The lowest BCUT2D eigenvalue weighted by Crippen LogP contribution is -2.47. The van der Waals surface area contributed by atoms with Crippen LogP contribution in [0.15, 0.2) is 30.3 Å². The summed E-state index contributed by atoms with van der Waals surface area (Å²) in [4.78, 5) is 26.7. The lowest BCUT2D eigenvalue weighted by Gasteiger charge is -2.28. The average molecular weight is 329 g/mol. The van der Waals surface area contributed by atoms with E-state index in [0.29, 0.717) is 5.82 Å². The van der Waals surface area contributed by atoms with Gasteiger partial charge in [0.15, 0.2) is 0 Å². The minimum absolute atomic E-state index is 0.0110. The first-order valence-electron chi connectivity index (χ1n) is 7.89. The van der Waals surface area contributed by atoms with E-state index in [1.807, 2.05) is 30.3 Å². The molecule has 1 aliphatic rings. The van der Waals surface area contributed by atoms with Crippen molar-refractivity contribution in [3.05, 3.63) is 30.3 Å². The SMILES string of the molecule is CC(C(=O)O)N(C(=O)C(C)n1nnc(-c2ccccc2)n1)C1CC1. The summed E-state index contributed by atoms with van der Waals surface area (Å²) in [6.07, 6.45) is 1.66. The Morgan fingerprint density at radius 1 is 1.25 bits per heavy atom. The van der Waals surface area contributed by atoms with Crippen LogP contribution in [0, 0.1) is 0 Å². The van der Waals surface area contributed by atoms with Gasteiger partial charge in [-0.25, -0.2) is 4.79 Å². The molecule has 0 aliphatic heterocycles. The third kappa shape index (κ3) is 3.12. The molecule has 126 valence electrons. The largest absolute Gasteiger partial charge is 0.480 e. The van der Waals surface area contributed by atoms with E-state index in [2.05, 4.69) is 15.4 Å². The summed E-state index contributed by atoms with van der Waals surface area (Å²) in [7, 11) is 0. The van der Waals surface area contributed by atoms with Gasteiger partial charge in [-0.2, -0.15) is 4.80 Å². The van der Waals surface area contributed by atoms with Crippen molar-refractivity contribution in [2.75, 3.05) is 0 Å². The van der Waals surface area contributed by atoms with Crippen molar-refractivity contribution in [1.29, 1.82) is 0 Å². The molecule has 1 amide bonds. The van der Waals surface area contributed by atoms with E-state index in [1.54, 1.807) is 6.92 Å². The first-order valence-corrected chi connectivity index (χ1v) is 7.89. The number of aromatic nitrogens is 4. The lowest BCUT2D eigenvalue weighted by molar-refractivity contribution is -0.151. The normalized spacial score (nSPS) is 16.4. The number of amides is 1. The van der Waals surface area contributed by atoms with E-state index in [4.69, 9.17) is 0 Å². The van der Waals surface area contributed by atoms with E-state index in [0.717, 1.165) is 18.4 Å². The first kappa shape index (κ1) is 16.1. The Kier molecular flexibility index (Phi) is 4.28. The van der Waals surface area contributed by atoms with Gasteiger partial charge < -0.3 is 10.0 Å². The Morgan fingerprint density at radius 2 is 1.92 bits per heavy atom. The maximum atomic E-state index is 12.8. The van der Waals surface area contributed by atoms with Gasteiger partial charge in [-0.05, 0) is 31.9 Å². The minimum atomic E-state index is -1.01. The van der Waals surface area contributed by atoms with Crippen molar-refractivity contribution in [3.63, 3.8) is 0 Å². The Morgan fingerprint density at radius 3 is 2.50 bits per heavy atom. The third-order valence-electron chi connectivity index (χ3n) is 4.13. The molecule has 1 N–H and O–H groups in total. The smallest absolute Gasteiger partial charge is 0.326 e. The number of nitrogens with zero attached hydrogens (tertiary/aromatic N) is 5. The molecule has 1 saturated carbocycles. The molecule has 1 aliphatic carbocycles. The fourth-order valence-corrected chi connectivity index (χ4v) is 2.57. The molecular formula is C16H19N5O3. The van der Waals surface area contributed by atoms with E-state index >= 15 is 0 Å². The highest BCUT2D eigenvalue weighted by Crippen LogP contribution is 2.30. The number of carbonyl (C=O) groups excluding carboxylic acids is 1. The second kappa shape index (κ2) is 6.38. The van der Waals surface area contributed by atoms with Gasteiger partial charge in [0.05, 0.1) is 0 Å². The number of carbonyl (C=O) groups is 2. The Labute approximate surface area is 139 Å². The van der Waals surface area contributed by atoms with Crippen molar-refractivity contribution in [1.82, 2.24) is 25.1 Å². The summed E-state index contributed by atoms with van der Waals surface area (Å²) in [6.45, 7) is 3.18. The second-order valence-electron chi connectivity index (χ2n) is 5.97.